The Balaban J connectivity index is 1.73. The van der Waals surface area contributed by atoms with Crippen molar-refractivity contribution in [2.75, 3.05) is 5.73 Å². The normalized spacial score (nSPS) is 12.2. The van der Waals surface area contributed by atoms with Crippen LogP contribution in [0.25, 0.3) is 27.6 Å². The number of benzene rings is 2. The lowest BCUT2D eigenvalue weighted by Gasteiger charge is -2.13. The van der Waals surface area contributed by atoms with Gasteiger partial charge in [0.2, 0.25) is 5.91 Å². The van der Waals surface area contributed by atoms with E-state index >= 15 is 0 Å². The first-order valence-electron chi connectivity index (χ1n) is 12.1. The van der Waals surface area contributed by atoms with Crippen LogP contribution in [0.3, 0.4) is 0 Å². The first-order chi connectivity index (χ1) is 17.6. The summed E-state index contributed by atoms with van der Waals surface area (Å²) < 4.78 is 0. The Morgan fingerprint density at radius 3 is 2.59 bits per heavy atom. The Bertz CT molecular complexity index is 1550. The van der Waals surface area contributed by atoms with Gasteiger partial charge < -0.3 is 16.0 Å². The molecule has 0 fully saturated rings. The highest BCUT2D eigenvalue weighted by Gasteiger charge is 2.16. The van der Waals surface area contributed by atoms with Crippen LogP contribution in [0, 0.1) is 11.3 Å². The number of rotatable bonds is 8. The van der Waals surface area contributed by atoms with Gasteiger partial charge in [0.1, 0.15) is 0 Å². The number of thiophene rings is 1. The van der Waals surface area contributed by atoms with Gasteiger partial charge in [-0.2, -0.15) is 11.3 Å². The molecule has 0 aliphatic rings. The van der Waals surface area contributed by atoms with E-state index < -0.39 is 0 Å². The minimum absolute atomic E-state index is 0.0381. The van der Waals surface area contributed by atoms with E-state index in [2.05, 4.69) is 39.8 Å². The molecule has 0 atom stereocenters. The van der Waals surface area contributed by atoms with E-state index in [1.54, 1.807) is 11.3 Å². The molecule has 2 aromatic carbocycles. The van der Waals surface area contributed by atoms with Crippen LogP contribution in [0.15, 0.2) is 89.3 Å². The number of H-pyrrole nitrogens is 1. The fourth-order valence-corrected chi connectivity index (χ4v) is 4.79. The molecular weight excluding hydrogens is 476 g/mol. The van der Waals surface area contributed by atoms with Gasteiger partial charge in [0, 0.05) is 33.8 Å². The van der Waals surface area contributed by atoms with Gasteiger partial charge in [0.15, 0.2) is 0 Å². The Morgan fingerprint density at radius 1 is 1.14 bits per heavy atom. The third kappa shape index (κ3) is 5.81. The van der Waals surface area contributed by atoms with Gasteiger partial charge in [-0.25, -0.2) is 0 Å². The summed E-state index contributed by atoms with van der Waals surface area (Å²) in [6.45, 7) is 11.5. The van der Waals surface area contributed by atoms with Crippen LogP contribution < -0.4 is 11.1 Å². The van der Waals surface area contributed by atoms with Crippen molar-refractivity contribution in [3.8, 4) is 11.1 Å². The molecule has 4 aromatic rings. The number of allylic oxidation sites excluding steroid dienone is 5. The van der Waals surface area contributed by atoms with Crippen molar-refractivity contribution in [1.29, 1.82) is 5.41 Å². The van der Waals surface area contributed by atoms with Gasteiger partial charge in [0.25, 0.3) is 0 Å². The minimum Gasteiger partial charge on any atom is -0.398 e. The van der Waals surface area contributed by atoms with Gasteiger partial charge in [-0.1, -0.05) is 50.3 Å². The number of nitrogens with two attached hydrogens (primary N) is 1. The van der Waals surface area contributed by atoms with Gasteiger partial charge >= 0.3 is 0 Å². The Hall–Kier alpha value is -4.16. The zero-order valence-corrected chi connectivity index (χ0v) is 22.4. The van der Waals surface area contributed by atoms with Crippen LogP contribution in [0.1, 0.15) is 44.5 Å². The highest BCUT2D eigenvalue weighted by molar-refractivity contribution is 7.08. The second kappa shape index (κ2) is 10.8. The SMILES string of the molecule is C=C(C)/C=C(\C=C(/C)NC(=O)C(C)C)c1ccc(N)c(C(=N)c2cc3c(-c4ccsc4)cccc3[nH]2)c1. The number of fused-ring (bicyclic) bond motifs is 1. The number of aromatic amines is 1. The molecule has 1 amide bonds. The second-order valence-electron chi connectivity index (χ2n) is 9.56. The fraction of sp³-hybridized carbons (Fsp3) is 0.161. The molecule has 37 heavy (non-hydrogen) atoms. The number of nitrogens with one attached hydrogen (secondary N) is 3. The van der Waals surface area contributed by atoms with Crippen LogP contribution in [0.2, 0.25) is 0 Å². The molecule has 5 N–H and O–H groups in total. The summed E-state index contributed by atoms with van der Waals surface area (Å²) in [6.07, 6.45) is 3.88. The van der Waals surface area contributed by atoms with Crippen molar-refractivity contribution in [3.63, 3.8) is 0 Å². The van der Waals surface area contributed by atoms with E-state index in [1.165, 1.54) is 0 Å². The standard InChI is InChI=1S/C31H32N4OS/c1-18(2)13-23(14-20(5)34-31(36)19(3)4)21-9-10-27(32)26(15-21)30(33)29-16-25-24(22-11-12-37-17-22)7-6-8-28(25)35-29/h6-17,19,33,35H,1,32H2,2-5H3,(H,34,36)/b20-14+,23-13+,33-30?. The summed E-state index contributed by atoms with van der Waals surface area (Å²) in [5.41, 5.74) is 15.2. The highest BCUT2D eigenvalue weighted by atomic mass is 32.1. The van der Waals surface area contributed by atoms with Crippen molar-refractivity contribution in [2.24, 2.45) is 5.92 Å². The molecule has 6 heteroatoms. The van der Waals surface area contributed by atoms with E-state index in [0.29, 0.717) is 22.7 Å². The zero-order chi connectivity index (χ0) is 26.7. The lowest BCUT2D eigenvalue weighted by Crippen LogP contribution is -2.25. The lowest BCUT2D eigenvalue weighted by molar-refractivity contribution is -0.123. The van der Waals surface area contributed by atoms with Crippen molar-refractivity contribution in [2.45, 2.75) is 27.7 Å². The van der Waals surface area contributed by atoms with Crippen molar-refractivity contribution >= 4 is 45.1 Å². The van der Waals surface area contributed by atoms with Crippen LogP contribution >= 0.6 is 11.3 Å². The number of carbonyl (C=O) groups excluding carboxylic acids is 1. The van der Waals surface area contributed by atoms with Crippen LogP contribution in [0.4, 0.5) is 5.69 Å². The Labute approximate surface area is 221 Å². The summed E-state index contributed by atoms with van der Waals surface area (Å²) in [4.78, 5) is 15.6. The van der Waals surface area contributed by atoms with Gasteiger partial charge in [-0.3, -0.25) is 10.2 Å². The summed E-state index contributed by atoms with van der Waals surface area (Å²) in [6, 6.07) is 15.9. The van der Waals surface area contributed by atoms with E-state index in [1.807, 2.05) is 76.2 Å². The molecular formula is C31H32N4OS. The molecule has 0 bridgehead atoms. The number of nitrogen functional groups attached to an aromatic ring is 1. The number of anilines is 1. The molecule has 188 valence electrons. The summed E-state index contributed by atoms with van der Waals surface area (Å²) in [7, 11) is 0. The molecule has 0 unspecified atom stereocenters. The maximum absolute atomic E-state index is 12.2. The number of aromatic nitrogens is 1. The molecule has 2 aromatic heterocycles. The van der Waals surface area contributed by atoms with E-state index in [0.717, 1.165) is 44.4 Å². The summed E-state index contributed by atoms with van der Waals surface area (Å²) >= 11 is 1.66. The predicted molar refractivity (Wildman–Crippen MR) is 158 cm³/mol. The molecule has 4 rings (SSSR count). The lowest BCUT2D eigenvalue weighted by atomic mass is 9.96. The average Bonchev–Trinajstić information content (AvgIpc) is 3.53. The first-order valence-corrected chi connectivity index (χ1v) is 13.1. The largest absolute Gasteiger partial charge is 0.398 e. The summed E-state index contributed by atoms with van der Waals surface area (Å²) in [5, 5.41) is 17.2. The van der Waals surface area contributed by atoms with Crippen molar-refractivity contribution < 1.29 is 4.79 Å². The first kappa shape index (κ1) is 25.9. The zero-order valence-electron chi connectivity index (χ0n) is 21.6. The molecule has 2 heterocycles. The quantitative estimate of drug-likeness (QED) is 0.112. The second-order valence-corrected chi connectivity index (χ2v) is 10.3. The number of amides is 1. The highest BCUT2D eigenvalue weighted by Crippen LogP contribution is 2.32. The monoisotopic (exact) mass is 508 g/mol. The third-order valence-electron chi connectivity index (χ3n) is 6.04. The van der Waals surface area contributed by atoms with E-state index in [9.17, 15) is 4.79 Å². The molecule has 0 saturated heterocycles. The van der Waals surface area contributed by atoms with Crippen LogP contribution in [0.5, 0.6) is 0 Å². The Kier molecular flexibility index (Phi) is 7.60. The van der Waals surface area contributed by atoms with Gasteiger partial charge in [-0.15, -0.1) is 0 Å². The topological polar surface area (TPSA) is 94.8 Å². The molecule has 5 nitrogen and oxygen atoms in total. The molecule has 0 aliphatic carbocycles. The number of carbonyl (C=O) groups is 1. The fourth-order valence-electron chi connectivity index (χ4n) is 4.14. The summed E-state index contributed by atoms with van der Waals surface area (Å²) in [5.74, 6) is -0.152. The van der Waals surface area contributed by atoms with E-state index in [-0.39, 0.29) is 11.8 Å². The Morgan fingerprint density at radius 2 is 1.92 bits per heavy atom. The van der Waals surface area contributed by atoms with Crippen molar-refractivity contribution in [3.05, 3.63) is 106 Å². The third-order valence-corrected chi connectivity index (χ3v) is 6.72. The maximum atomic E-state index is 12.2. The predicted octanol–water partition coefficient (Wildman–Crippen LogP) is 7.53. The molecule has 0 saturated carbocycles. The van der Waals surface area contributed by atoms with Gasteiger partial charge in [0.05, 0.1) is 11.4 Å². The van der Waals surface area contributed by atoms with Crippen LogP contribution in [-0.2, 0) is 4.79 Å². The average molecular weight is 509 g/mol. The molecule has 0 spiro atoms. The van der Waals surface area contributed by atoms with Gasteiger partial charge in [-0.05, 0) is 83.3 Å². The smallest absolute Gasteiger partial charge is 0.226 e. The van der Waals surface area contributed by atoms with Crippen LogP contribution in [-0.4, -0.2) is 16.6 Å². The molecule has 0 aliphatic heterocycles. The molecule has 0 radical (unpaired) electrons. The number of hydrogen-bond donors (Lipinski definition) is 4. The maximum Gasteiger partial charge on any atom is 0.226 e. The minimum atomic E-state index is -0.114. The van der Waals surface area contributed by atoms with Crippen molar-refractivity contribution in [1.82, 2.24) is 10.3 Å². The number of hydrogen-bond acceptors (Lipinski definition) is 4. The van der Waals surface area contributed by atoms with E-state index in [4.69, 9.17) is 11.1 Å².